The number of nitrogens with zero attached hydrogens (tertiary/aromatic N) is 1. The average Bonchev–Trinajstić information content (AvgIpc) is 1.61. The van der Waals surface area contributed by atoms with E-state index >= 15 is 0 Å². The highest BCUT2D eigenvalue weighted by Crippen LogP contribution is 1.61. The molecule has 0 bridgehead atoms. The Morgan fingerprint density at radius 1 is 2.33 bits per heavy atom. The van der Waals surface area contributed by atoms with Gasteiger partial charge in [0.1, 0.15) is 1.37 Å². The highest BCUT2D eigenvalue weighted by atomic mass is 16.7. The van der Waals surface area contributed by atoms with Gasteiger partial charge in [0.25, 0.3) is 6.08 Å². The minimum atomic E-state index is -1.78. The third kappa shape index (κ3) is 3.14. The zero-order valence-corrected chi connectivity index (χ0v) is 2.79. The van der Waals surface area contributed by atoms with Crippen molar-refractivity contribution >= 4 is 6.08 Å². The number of carbonyl (C=O) groups excluding carboxylic acids is 1. The number of hydrogen-bond donors (Lipinski definition) is 1. The van der Waals surface area contributed by atoms with Gasteiger partial charge in [-0.2, -0.15) is 0 Å². The Balaban J connectivity index is 3.13. The molecule has 0 spiro atoms. The number of aliphatic hydroxyl groups is 1. The van der Waals surface area contributed by atoms with Crippen LogP contribution in [0.2, 0.25) is 0 Å². The van der Waals surface area contributed by atoms with E-state index in [4.69, 9.17) is 11.3 Å². The molecule has 0 heterocycles. The van der Waals surface area contributed by atoms with Gasteiger partial charge in [0.15, 0.2) is 0 Å². The summed E-state index contributed by atoms with van der Waals surface area (Å²) in [5.74, 6) is 0. The van der Waals surface area contributed by atoms with E-state index in [1.54, 1.807) is 0 Å². The Bertz CT molecular complexity index is 86.9. The fourth-order valence-corrected chi connectivity index (χ4v) is 0.0451. The Morgan fingerprint density at radius 3 is 3.17 bits per heavy atom. The molecular formula is C2H3NO3. The summed E-state index contributed by atoms with van der Waals surface area (Å²) in [7, 11) is 0. The van der Waals surface area contributed by atoms with Gasteiger partial charge in [0.05, 0.1) is 0 Å². The highest BCUT2D eigenvalue weighted by Gasteiger charge is 1.62. The lowest BCUT2D eigenvalue weighted by Crippen LogP contribution is -1.79. The monoisotopic (exact) mass is 90.0 g/mol. The molecule has 0 amide bonds. The fraction of sp³-hybridized carbons (Fsp3) is 0.500. The summed E-state index contributed by atoms with van der Waals surface area (Å²) in [4.78, 5) is 12.7. The first-order valence-electron chi connectivity index (χ1n) is 1.68. The van der Waals surface area contributed by atoms with E-state index in [9.17, 15) is 0 Å². The second kappa shape index (κ2) is 4.14. The second-order valence-electron chi connectivity index (χ2n) is 0.393. The van der Waals surface area contributed by atoms with Gasteiger partial charge in [-0.05, 0) is 0 Å². The quantitative estimate of drug-likeness (QED) is 0.209. The molecule has 0 aliphatic rings. The molecular weight excluding hydrogens is 86.0 g/mol. The zero-order chi connectivity index (χ0) is 5.70. The summed E-state index contributed by atoms with van der Waals surface area (Å²) < 4.78 is 6.14. The Labute approximate surface area is 35.4 Å². The molecule has 0 rings (SSSR count). The molecule has 6 heavy (non-hydrogen) atoms. The van der Waals surface area contributed by atoms with Gasteiger partial charge in [-0.3, -0.25) is 0 Å². The van der Waals surface area contributed by atoms with Crippen LogP contribution in [0.4, 0.5) is 0 Å². The van der Waals surface area contributed by atoms with Gasteiger partial charge in [-0.25, -0.2) is 4.79 Å². The SMILES string of the molecule is [2H]C(O)ON=C=O. The molecule has 1 atom stereocenters. The minimum Gasteiger partial charge on any atom is -0.359 e. The number of rotatable bonds is 2. The maximum Gasteiger partial charge on any atom is 0.276 e. The van der Waals surface area contributed by atoms with Gasteiger partial charge in [0.2, 0.25) is 6.77 Å². The highest BCUT2D eigenvalue weighted by molar-refractivity contribution is 5.31. The molecule has 1 unspecified atom stereocenters. The Kier molecular flexibility index (Phi) is 2.30. The van der Waals surface area contributed by atoms with E-state index in [-0.39, 0.29) is 0 Å². The van der Waals surface area contributed by atoms with Crippen LogP contribution >= 0.6 is 0 Å². The van der Waals surface area contributed by atoms with Crippen molar-refractivity contribution in [1.29, 1.82) is 0 Å². The summed E-state index contributed by atoms with van der Waals surface area (Å²) in [5, 5.41) is 10.3. The van der Waals surface area contributed by atoms with E-state index < -0.39 is 6.77 Å². The predicted molar refractivity (Wildman–Crippen MR) is 16.3 cm³/mol. The fourth-order valence-electron chi connectivity index (χ4n) is 0.0451. The lowest BCUT2D eigenvalue weighted by Gasteiger charge is -1.79. The minimum absolute atomic E-state index is 0.972. The molecule has 34 valence electrons. The van der Waals surface area contributed by atoms with Crippen LogP contribution in [-0.2, 0) is 9.63 Å². The molecule has 0 saturated heterocycles. The van der Waals surface area contributed by atoms with E-state index in [1.807, 2.05) is 0 Å². The van der Waals surface area contributed by atoms with E-state index in [0.29, 0.717) is 0 Å². The molecule has 4 nitrogen and oxygen atoms in total. The van der Waals surface area contributed by atoms with Crippen molar-refractivity contribution in [2.45, 2.75) is 0 Å². The van der Waals surface area contributed by atoms with Gasteiger partial charge in [-0.1, -0.05) is 0 Å². The van der Waals surface area contributed by atoms with Crippen LogP contribution in [0.15, 0.2) is 5.16 Å². The van der Waals surface area contributed by atoms with Crippen molar-refractivity contribution in [2.24, 2.45) is 5.16 Å². The molecule has 1 N–H and O–H groups in total. The van der Waals surface area contributed by atoms with Crippen LogP contribution in [-0.4, -0.2) is 18.0 Å². The smallest absolute Gasteiger partial charge is 0.276 e. The summed E-state index contributed by atoms with van der Waals surface area (Å²) in [6, 6.07) is 0. The maximum atomic E-state index is 9.10. The van der Waals surface area contributed by atoms with Crippen LogP contribution in [0.3, 0.4) is 0 Å². The molecule has 0 aromatic heterocycles. The average molecular weight is 90.1 g/mol. The standard InChI is InChI=1S/C2H3NO3/c4-1-3-6-2-5/h5H,2H2/i2D. The van der Waals surface area contributed by atoms with Crippen LogP contribution in [0.1, 0.15) is 1.37 Å². The number of hydrogen-bond acceptors (Lipinski definition) is 4. The lowest BCUT2D eigenvalue weighted by molar-refractivity contribution is 0.00183. The zero-order valence-electron chi connectivity index (χ0n) is 3.79. The molecule has 0 fully saturated rings. The third-order valence-corrected chi connectivity index (χ3v) is 0.137. The molecule has 0 aromatic rings. The van der Waals surface area contributed by atoms with Crippen molar-refractivity contribution in [3.63, 3.8) is 0 Å². The number of isocyanates is 1. The summed E-state index contributed by atoms with van der Waals surface area (Å²) in [6.45, 7) is -1.78. The van der Waals surface area contributed by atoms with Crippen LogP contribution in [0.5, 0.6) is 0 Å². The van der Waals surface area contributed by atoms with E-state index in [0.717, 1.165) is 6.08 Å². The molecule has 0 aliphatic carbocycles. The van der Waals surface area contributed by atoms with Gasteiger partial charge in [-0.15, -0.1) is 0 Å². The maximum absolute atomic E-state index is 9.10. The third-order valence-electron chi connectivity index (χ3n) is 0.137. The second-order valence-corrected chi connectivity index (χ2v) is 0.393. The summed E-state index contributed by atoms with van der Waals surface area (Å²) >= 11 is 0. The van der Waals surface area contributed by atoms with Crippen LogP contribution in [0, 0.1) is 0 Å². The Hall–Kier alpha value is -0.860. The topological polar surface area (TPSA) is 58.9 Å². The largest absolute Gasteiger partial charge is 0.359 e. The van der Waals surface area contributed by atoms with E-state index in [1.165, 1.54) is 0 Å². The first-order valence-corrected chi connectivity index (χ1v) is 1.10. The van der Waals surface area contributed by atoms with Crippen LogP contribution < -0.4 is 0 Å². The van der Waals surface area contributed by atoms with Crippen molar-refractivity contribution < 1.29 is 16.1 Å². The number of aliphatic hydroxyl groups excluding tert-OH is 1. The summed E-state index contributed by atoms with van der Waals surface area (Å²) in [6.07, 6.45) is 0.972. The van der Waals surface area contributed by atoms with Crippen molar-refractivity contribution in [1.82, 2.24) is 0 Å². The van der Waals surface area contributed by atoms with Gasteiger partial charge < -0.3 is 9.94 Å². The molecule has 0 radical (unpaired) electrons. The first kappa shape index (κ1) is 3.33. The van der Waals surface area contributed by atoms with Gasteiger partial charge in [0, 0.05) is 5.16 Å². The molecule has 0 aliphatic heterocycles. The molecule has 0 aromatic carbocycles. The summed E-state index contributed by atoms with van der Waals surface area (Å²) in [5.41, 5.74) is 0. The van der Waals surface area contributed by atoms with Crippen LogP contribution in [0.25, 0.3) is 0 Å². The lowest BCUT2D eigenvalue weighted by atomic mass is 11.5. The van der Waals surface area contributed by atoms with Crippen molar-refractivity contribution in [2.75, 3.05) is 6.77 Å². The van der Waals surface area contributed by atoms with Crippen molar-refractivity contribution in [3.05, 3.63) is 0 Å². The van der Waals surface area contributed by atoms with E-state index in [2.05, 4.69) is 9.99 Å². The van der Waals surface area contributed by atoms with Gasteiger partial charge >= 0.3 is 0 Å². The van der Waals surface area contributed by atoms with Crippen molar-refractivity contribution in [3.8, 4) is 0 Å². The molecule has 0 saturated carbocycles. The molecule has 4 heteroatoms. The first-order chi connectivity index (χ1) is 3.27. The Morgan fingerprint density at radius 2 is 3.00 bits per heavy atom. The predicted octanol–water partition coefficient (Wildman–Crippen LogP) is -0.796. The normalized spacial score (nSPS) is 13.8.